The Morgan fingerprint density at radius 3 is 2.58 bits per heavy atom. The molecule has 1 heterocycles. The molecule has 2 rings (SSSR count). The first kappa shape index (κ1) is 15.3. The molecule has 0 aliphatic carbocycles. The van der Waals surface area contributed by atoms with E-state index < -0.39 is 15.6 Å². The Hall–Kier alpha value is -0.140. The summed E-state index contributed by atoms with van der Waals surface area (Å²) in [6.45, 7) is 3.55. The molecule has 106 valence electrons. The van der Waals surface area contributed by atoms with E-state index in [1.807, 2.05) is 6.92 Å². The van der Waals surface area contributed by atoms with Crippen LogP contribution in [0.15, 0.2) is 27.6 Å². The summed E-state index contributed by atoms with van der Waals surface area (Å²) in [6, 6.07) is 4.77. The van der Waals surface area contributed by atoms with Crippen molar-refractivity contribution in [1.82, 2.24) is 10.0 Å². The van der Waals surface area contributed by atoms with Gasteiger partial charge in [0.2, 0.25) is 10.0 Å². The highest BCUT2D eigenvalue weighted by Crippen LogP contribution is 2.27. The van der Waals surface area contributed by atoms with Crippen LogP contribution in [0.1, 0.15) is 19.8 Å². The molecule has 0 aromatic heterocycles. The van der Waals surface area contributed by atoms with Gasteiger partial charge >= 0.3 is 0 Å². The molecule has 1 saturated heterocycles. The lowest BCUT2D eigenvalue weighted by Crippen LogP contribution is -2.52. The Bertz CT molecular complexity index is 571. The molecule has 0 unspecified atom stereocenters. The van der Waals surface area contributed by atoms with Crippen molar-refractivity contribution in [1.29, 1.82) is 0 Å². The van der Waals surface area contributed by atoms with Crippen molar-refractivity contribution in [2.45, 2.75) is 30.2 Å². The Kier molecular flexibility index (Phi) is 4.57. The van der Waals surface area contributed by atoms with Gasteiger partial charge in [-0.1, -0.05) is 27.5 Å². The highest BCUT2D eigenvalue weighted by molar-refractivity contribution is 9.10. The summed E-state index contributed by atoms with van der Waals surface area (Å²) in [5, 5.41) is 3.44. The van der Waals surface area contributed by atoms with E-state index in [4.69, 9.17) is 11.6 Å². The molecule has 0 radical (unpaired) electrons. The predicted molar refractivity (Wildman–Crippen MR) is 80.0 cm³/mol. The first-order valence-electron chi connectivity index (χ1n) is 6.02. The van der Waals surface area contributed by atoms with Gasteiger partial charge in [-0.25, -0.2) is 13.1 Å². The van der Waals surface area contributed by atoms with Crippen molar-refractivity contribution in [3.05, 3.63) is 27.7 Å². The fraction of sp³-hybridized carbons (Fsp3) is 0.500. The summed E-state index contributed by atoms with van der Waals surface area (Å²) in [7, 11) is -3.60. The van der Waals surface area contributed by atoms with Gasteiger partial charge in [0.1, 0.15) is 4.90 Å². The Labute approximate surface area is 127 Å². The van der Waals surface area contributed by atoms with E-state index >= 15 is 0 Å². The van der Waals surface area contributed by atoms with Crippen molar-refractivity contribution >= 4 is 37.6 Å². The number of sulfonamides is 1. The third-order valence-corrected chi connectivity index (χ3v) is 5.89. The molecular formula is C12H16BrClN2O2S. The summed E-state index contributed by atoms with van der Waals surface area (Å²) in [5.41, 5.74) is -0.416. The first-order chi connectivity index (χ1) is 8.82. The summed E-state index contributed by atoms with van der Waals surface area (Å²) >= 11 is 9.28. The summed E-state index contributed by atoms with van der Waals surface area (Å²) in [4.78, 5) is 0.122. The van der Waals surface area contributed by atoms with Crippen LogP contribution in [0, 0.1) is 0 Å². The topological polar surface area (TPSA) is 58.2 Å². The van der Waals surface area contributed by atoms with Crippen LogP contribution in [0.3, 0.4) is 0 Å². The van der Waals surface area contributed by atoms with Crippen LogP contribution in [-0.4, -0.2) is 27.0 Å². The summed E-state index contributed by atoms with van der Waals surface area (Å²) in [5.74, 6) is 0. The molecule has 19 heavy (non-hydrogen) atoms. The number of nitrogens with one attached hydrogen (secondary N) is 2. The van der Waals surface area contributed by atoms with Crippen LogP contribution in [0.2, 0.25) is 5.02 Å². The van der Waals surface area contributed by atoms with Gasteiger partial charge in [-0.15, -0.1) is 0 Å². The Morgan fingerprint density at radius 2 is 2.00 bits per heavy atom. The van der Waals surface area contributed by atoms with Crippen molar-refractivity contribution in [3.63, 3.8) is 0 Å². The third-order valence-electron chi connectivity index (χ3n) is 3.27. The summed E-state index contributed by atoms with van der Waals surface area (Å²) < 4.78 is 28.3. The normalized spacial score (nSPS) is 19.3. The third kappa shape index (κ3) is 3.70. The lowest BCUT2D eigenvalue weighted by atomic mass is 9.92. The van der Waals surface area contributed by atoms with Crippen LogP contribution in [0.25, 0.3) is 0 Å². The standard InChI is InChI=1S/C12H16BrClN2O2S/c1-12(4-6-15-7-5-12)16-19(17,18)11-3-2-9(13)8-10(11)14/h2-3,8,15-16H,4-7H2,1H3. The Morgan fingerprint density at radius 1 is 1.37 bits per heavy atom. The molecule has 0 spiro atoms. The maximum Gasteiger partial charge on any atom is 0.242 e. The summed E-state index contributed by atoms with van der Waals surface area (Å²) in [6.07, 6.45) is 1.53. The molecule has 1 fully saturated rings. The van der Waals surface area contributed by atoms with E-state index in [1.165, 1.54) is 6.07 Å². The van der Waals surface area contributed by atoms with Gasteiger partial charge in [-0.2, -0.15) is 0 Å². The molecule has 1 aliphatic rings. The van der Waals surface area contributed by atoms with Crippen LogP contribution in [-0.2, 0) is 10.0 Å². The molecule has 2 N–H and O–H groups in total. The molecule has 0 amide bonds. The number of benzene rings is 1. The smallest absolute Gasteiger partial charge is 0.242 e. The maximum absolute atomic E-state index is 12.4. The first-order valence-corrected chi connectivity index (χ1v) is 8.68. The minimum Gasteiger partial charge on any atom is -0.317 e. The number of hydrogen-bond donors (Lipinski definition) is 2. The van der Waals surface area contributed by atoms with Crippen molar-refractivity contribution in [2.24, 2.45) is 0 Å². The zero-order chi connectivity index (χ0) is 14.1. The van der Waals surface area contributed by atoms with Crippen LogP contribution in [0.5, 0.6) is 0 Å². The predicted octanol–water partition coefficient (Wildman–Crippen LogP) is 2.52. The molecule has 1 aromatic rings. The highest BCUT2D eigenvalue weighted by atomic mass is 79.9. The van der Waals surface area contributed by atoms with Crippen LogP contribution < -0.4 is 10.0 Å². The van der Waals surface area contributed by atoms with Gasteiger partial charge < -0.3 is 5.32 Å². The molecule has 4 nitrogen and oxygen atoms in total. The van der Waals surface area contributed by atoms with Gasteiger partial charge in [-0.05, 0) is 51.1 Å². The molecule has 0 bridgehead atoms. The SMILES string of the molecule is CC1(NS(=O)(=O)c2ccc(Br)cc2Cl)CCNCC1. The van der Waals surface area contributed by atoms with Crippen molar-refractivity contribution in [2.75, 3.05) is 13.1 Å². The molecule has 7 heteroatoms. The lowest BCUT2D eigenvalue weighted by Gasteiger charge is -2.34. The largest absolute Gasteiger partial charge is 0.317 e. The second kappa shape index (κ2) is 5.69. The quantitative estimate of drug-likeness (QED) is 0.863. The van der Waals surface area contributed by atoms with Crippen LogP contribution in [0.4, 0.5) is 0 Å². The zero-order valence-electron chi connectivity index (χ0n) is 10.5. The fourth-order valence-electron chi connectivity index (χ4n) is 2.15. The van der Waals surface area contributed by atoms with E-state index in [9.17, 15) is 8.42 Å². The molecule has 0 atom stereocenters. The maximum atomic E-state index is 12.4. The number of halogens is 2. The van der Waals surface area contributed by atoms with Gasteiger partial charge in [0.25, 0.3) is 0 Å². The van der Waals surface area contributed by atoms with E-state index in [0.29, 0.717) is 0 Å². The van der Waals surface area contributed by atoms with E-state index in [2.05, 4.69) is 26.0 Å². The van der Waals surface area contributed by atoms with Crippen molar-refractivity contribution < 1.29 is 8.42 Å². The van der Waals surface area contributed by atoms with Gasteiger partial charge in [-0.3, -0.25) is 0 Å². The zero-order valence-corrected chi connectivity index (χ0v) is 13.7. The van der Waals surface area contributed by atoms with E-state index in [0.717, 1.165) is 30.4 Å². The monoisotopic (exact) mass is 366 g/mol. The minimum absolute atomic E-state index is 0.122. The van der Waals surface area contributed by atoms with Gasteiger partial charge in [0.15, 0.2) is 0 Å². The highest BCUT2D eigenvalue weighted by Gasteiger charge is 2.32. The average Bonchev–Trinajstić information content (AvgIpc) is 2.27. The fourth-order valence-corrected chi connectivity index (χ4v) is 4.66. The lowest BCUT2D eigenvalue weighted by molar-refractivity contribution is 0.308. The van der Waals surface area contributed by atoms with Crippen LogP contribution >= 0.6 is 27.5 Å². The molecule has 1 aliphatic heterocycles. The number of piperidine rings is 1. The molecule has 0 saturated carbocycles. The van der Waals surface area contributed by atoms with Crippen molar-refractivity contribution in [3.8, 4) is 0 Å². The molecule has 1 aromatic carbocycles. The second-order valence-corrected chi connectivity index (χ2v) is 7.96. The second-order valence-electron chi connectivity index (χ2n) is 4.99. The van der Waals surface area contributed by atoms with Gasteiger partial charge in [0.05, 0.1) is 5.02 Å². The van der Waals surface area contributed by atoms with E-state index in [-0.39, 0.29) is 9.92 Å². The average molecular weight is 368 g/mol. The van der Waals surface area contributed by atoms with E-state index in [1.54, 1.807) is 12.1 Å². The minimum atomic E-state index is -3.60. The Balaban J connectivity index is 2.27. The molecular weight excluding hydrogens is 352 g/mol. The number of rotatable bonds is 3. The number of hydrogen-bond acceptors (Lipinski definition) is 3. The van der Waals surface area contributed by atoms with Gasteiger partial charge in [0, 0.05) is 10.0 Å².